The molecule has 1 saturated carbocycles. The first-order valence-electron chi connectivity index (χ1n) is 7.84. The van der Waals surface area contributed by atoms with Crippen molar-refractivity contribution in [3.05, 3.63) is 23.2 Å². The molecule has 122 valence electrons. The Bertz CT molecular complexity index is 519. The number of amides is 1. The van der Waals surface area contributed by atoms with Gasteiger partial charge in [0.05, 0.1) is 22.5 Å². The lowest BCUT2D eigenvalue weighted by Gasteiger charge is -2.26. The molecule has 0 heterocycles. The Labute approximate surface area is 137 Å². The summed E-state index contributed by atoms with van der Waals surface area (Å²) in [6.45, 7) is 2.34. The number of benzene rings is 1. The fraction of sp³-hybridized carbons (Fsp3) is 0.588. The third kappa shape index (κ3) is 4.62. The van der Waals surface area contributed by atoms with Crippen LogP contribution in [0.1, 0.15) is 32.6 Å². The van der Waals surface area contributed by atoms with Gasteiger partial charge in [0.15, 0.2) is 0 Å². The van der Waals surface area contributed by atoms with Gasteiger partial charge in [-0.25, -0.2) is 0 Å². The van der Waals surface area contributed by atoms with E-state index in [4.69, 9.17) is 16.3 Å². The van der Waals surface area contributed by atoms with Gasteiger partial charge in [-0.3, -0.25) is 4.79 Å². The number of carbonyl (C=O) groups is 1. The van der Waals surface area contributed by atoms with Crippen LogP contribution in [0.25, 0.3) is 0 Å². The number of carbonyl (C=O) groups excluding carboxylic acids is 1. The SMILES string of the molecule is CC1CCCC(OCC(=O)Nc2cccc(Cl)c2N(C)C)C1. The largest absolute Gasteiger partial charge is 0.375 e. The minimum absolute atomic E-state index is 0.0940. The fourth-order valence-corrected chi connectivity index (χ4v) is 3.32. The average Bonchev–Trinajstić information content (AvgIpc) is 2.45. The van der Waals surface area contributed by atoms with Crippen LogP contribution < -0.4 is 10.2 Å². The third-order valence-electron chi connectivity index (χ3n) is 4.05. The summed E-state index contributed by atoms with van der Waals surface area (Å²) in [5.41, 5.74) is 1.52. The van der Waals surface area contributed by atoms with Crippen LogP contribution in [0.2, 0.25) is 5.02 Å². The van der Waals surface area contributed by atoms with Crippen molar-refractivity contribution in [2.45, 2.75) is 38.7 Å². The maximum atomic E-state index is 12.1. The molecule has 1 amide bonds. The van der Waals surface area contributed by atoms with Crippen molar-refractivity contribution in [2.75, 3.05) is 30.9 Å². The molecular formula is C17H25ClN2O2. The van der Waals surface area contributed by atoms with E-state index in [0.29, 0.717) is 16.6 Å². The molecule has 0 saturated heterocycles. The highest BCUT2D eigenvalue weighted by molar-refractivity contribution is 6.34. The summed E-state index contributed by atoms with van der Waals surface area (Å²) in [6, 6.07) is 5.49. The van der Waals surface area contributed by atoms with Crippen molar-refractivity contribution in [3.8, 4) is 0 Å². The summed E-state index contributed by atoms with van der Waals surface area (Å²) in [4.78, 5) is 14.0. The van der Waals surface area contributed by atoms with Crippen LogP contribution in [-0.4, -0.2) is 32.7 Å². The molecule has 22 heavy (non-hydrogen) atoms. The van der Waals surface area contributed by atoms with Crippen molar-refractivity contribution in [1.29, 1.82) is 0 Å². The molecule has 0 radical (unpaired) electrons. The lowest BCUT2D eigenvalue weighted by Crippen LogP contribution is -2.27. The molecule has 1 aromatic rings. The van der Waals surface area contributed by atoms with Crippen LogP contribution in [0.3, 0.4) is 0 Å². The van der Waals surface area contributed by atoms with E-state index in [1.165, 1.54) is 12.8 Å². The highest BCUT2D eigenvalue weighted by atomic mass is 35.5. The van der Waals surface area contributed by atoms with Crippen molar-refractivity contribution in [3.63, 3.8) is 0 Å². The van der Waals surface area contributed by atoms with Crippen molar-refractivity contribution in [1.82, 2.24) is 0 Å². The van der Waals surface area contributed by atoms with Crippen molar-refractivity contribution >= 4 is 28.9 Å². The maximum absolute atomic E-state index is 12.1. The van der Waals surface area contributed by atoms with Gasteiger partial charge in [0.2, 0.25) is 5.91 Å². The Morgan fingerprint density at radius 1 is 1.41 bits per heavy atom. The molecule has 4 nitrogen and oxygen atoms in total. The van der Waals surface area contributed by atoms with E-state index < -0.39 is 0 Å². The van der Waals surface area contributed by atoms with Gasteiger partial charge in [-0.15, -0.1) is 0 Å². The van der Waals surface area contributed by atoms with E-state index in [9.17, 15) is 4.79 Å². The Balaban J connectivity index is 1.91. The average molecular weight is 325 g/mol. The second-order valence-corrected chi connectivity index (χ2v) is 6.69. The van der Waals surface area contributed by atoms with E-state index in [1.54, 1.807) is 0 Å². The van der Waals surface area contributed by atoms with Gasteiger partial charge in [-0.2, -0.15) is 0 Å². The molecule has 2 atom stereocenters. The van der Waals surface area contributed by atoms with Gasteiger partial charge in [0, 0.05) is 14.1 Å². The second-order valence-electron chi connectivity index (χ2n) is 6.28. The van der Waals surface area contributed by atoms with Crippen LogP contribution in [0.4, 0.5) is 11.4 Å². The van der Waals surface area contributed by atoms with Gasteiger partial charge in [-0.1, -0.05) is 37.4 Å². The number of hydrogen-bond acceptors (Lipinski definition) is 3. The molecule has 1 aliphatic rings. The van der Waals surface area contributed by atoms with Crippen molar-refractivity contribution < 1.29 is 9.53 Å². The highest BCUT2D eigenvalue weighted by Gasteiger charge is 2.20. The molecular weight excluding hydrogens is 300 g/mol. The minimum Gasteiger partial charge on any atom is -0.375 e. The molecule has 1 aliphatic carbocycles. The Morgan fingerprint density at radius 2 is 2.18 bits per heavy atom. The quantitative estimate of drug-likeness (QED) is 0.892. The van der Waals surface area contributed by atoms with E-state index in [2.05, 4.69) is 12.2 Å². The summed E-state index contributed by atoms with van der Waals surface area (Å²) in [5.74, 6) is 0.554. The summed E-state index contributed by atoms with van der Waals surface area (Å²) < 4.78 is 5.76. The number of anilines is 2. The van der Waals surface area contributed by atoms with Crippen LogP contribution in [0, 0.1) is 5.92 Å². The smallest absolute Gasteiger partial charge is 0.250 e. The van der Waals surface area contributed by atoms with E-state index >= 15 is 0 Å². The van der Waals surface area contributed by atoms with Crippen LogP contribution in [0.5, 0.6) is 0 Å². The summed E-state index contributed by atoms with van der Waals surface area (Å²) >= 11 is 6.20. The maximum Gasteiger partial charge on any atom is 0.250 e. The van der Waals surface area contributed by atoms with Crippen LogP contribution >= 0.6 is 11.6 Å². The van der Waals surface area contributed by atoms with Crippen LogP contribution in [0.15, 0.2) is 18.2 Å². The zero-order valence-electron chi connectivity index (χ0n) is 13.6. The summed E-state index contributed by atoms with van der Waals surface area (Å²) in [7, 11) is 3.80. The van der Waals surface area contributed by atoms with E-state index in [0.717, 1.165) is 18.5 Å². The van der Waals surface area contributed by atoms with Gasteiger partial charge >= 0.3 is 0 Å². The zero-order chi connectivity index (χ0) is 16.1. The Hall–Kier alpha value is -1.26. The van der Waals surface area contributed by atoms with Gasteiger partial charge < -0.3 is 15.0 Å². The third-order valence-corrected chi connectivity index (χ3v) is 4.35. The molecule has 2 rings (SSSR count). The van der Waals surface area contributed by atoms with Crippen molar-refractivity contribution in [2.24, 2.45) is 5.92 Å². The summed E-state index contributed by atoms with van der Waals surface area (Å²) in [5, 5.41) is 3.51. The standard InChI is InChI=1S/C17H25ClN2O2/c1-12-6-4-7-13(10-12)22-11-16(21)19-15-9-5-8-14(18)17(15)20(2)3/h5,8-9,12-13H,4,6-7,10-11H2,1-3H3,(H,19,21). The number of hydrogen-bond donors (Lipinski definition) is 1. The minimum atomic E-state index is -0.136. The molecule has 0 bridgehead atoms. The number of para-hydroxylation sites is 1. The van der Waals surface area contributed by atoms with Gasteiger partial charge in [0.25, 0.3) is 0 Å². The first-order chi connectivity index (χ1) is 10.5. The monoisotopic (exact) mass is 324 g/mol. The molecule has 2 unspecified atom stereocenters. The number of ether oxygens (including phenoxy) is 1. The predicted molar refractivity (Wildman–Crippen MR) is 91.8 cm³/mol. The number of nitrogens with one attached hydrogen (secondary N) is 1. The Kier molecular flexibility index (Phi) is 6.09. The van der Waals surface area contributed by atoms with Gasteiger partial charge in [-0.05, 0) is 30.9 Å². The summed E-state index contributed by atoms with van der Waals surface area (Å²) in [6.07, 6.45) is 4.76. The fourth-order valence-electron chi connectivity index (χ4n) is 2.98. The second kappa shape index (κ2) is 7.84. The molecule has 5 heteroatoms. The highest BCUT2D eigenvalue weighted by Crippen LogP contribution is 2.32. The molecule has 1 N–H and O–H groups in total. The molecule has 1 fully saturated rings. The Morgan fingerprint density at radius 3 is 2.86 bits per heavy atom. The number of halogens is 1. The normalized spacial score (nSPS) is 21.5. The number of nitrogens with zero attached hydrogens (tertiary/aromatic N) is 1. The van der Waals surface area contributed by atoms with Crippen LogP contribution in [-0.2, 0) is 9.53 Å². The van der Waals surface area contributed by atoms with E-state index in [-0.39, 0.29) is 18.6 Å². The zero-order valence-corrected chi connectivity index (χ0v) is 14.3. The first kappa shape index (κ1) is 17.1. The first-order valence-corrected chi connectivity index (χ1v) is 8.22. The molecule has 1 aromatic carbocycles. The lowest BCUT2D eigenvalue weighted by atomic mass is 9.89. The molecule has 0 spiro atoms. The lowest BCUT2D eigenvalue weighted by molar-refractivity contribution is -0.123. The number of rotatable bonds is 5. The molecule has 0 aromatic heterocycles. The predicted octanol–water partition coefficient (Wildman–Crippen LogP) is 3.94. The topological polar surface area (TPSA) is 41.6 Å². The van der Waals surface area contributed by atoms with Gasteiger partial charge in [0.1, 0.15) is 6.61 Å². The molecule has 0 aliphatic heterocycles. The van der Waals surface area contributed by atoms with E-state index in [1.807, 2.05) is 37.2 Å².